The minimum Gasteiger partial charge on any atom is -0.384 e. The molecule has 1 saturated heterocycles. The zero-order valence-electron chi connectivity index (χ0n) is 10.7. The highest BCUT2D eigenvalue weighted by molar-refractivity contribution is 6.35. The van der Waals surface area contributed by atoms with Gasteiger partial charge in [-0.15, -0.1) is 0 Å². The Kier molecular flexibility index (Phi) is 5.02. The van der Waals surface area contributed by atoms with E-state index < -0.39 is 0 Å². The van der Waals surface area contributed by atoms with Crippen molar-refractivity contribution in [1.82, 2.24) is 9.88 Å². The highest BCUT2D eigenvalue weighted by Crippen LogP contribution is 2.23. The molecule has 104 valence electrons. The second kappa shape index (κ2) is 6.55. The van der Waals surface area contributed by atoms with Gasteiger partial charge in [-0.05, 0) is 24.8 Å². The topological polar surface area (TPSA) is 42.4 Å². The molecule has 1 aliphatic rings. The number of hydrogen-bond donors (Lipinski definition) is 0. The molecule has 0 aromatic carbocycles. The van der Waals surface area contributed by atoms with Crippen LogP contribution in [-0.4, -0.2) is 42.6 Å². The lowest BCUT2D eigenvalue weighted by Gasteiger charge is -2.32. The predicted octanol–water partition coefficient (Wildman–Crippen LogP) is 2.89. The number of carbonyl (C=O) groups excluding carboxylic acids is 1. The summed E-state index contributed by atoms with van der Waals surface area (Å²) in [7, 11) is 1.68. The van der Waals surface area contributed by atoms with Crippen molar-refractivity contribution in [3.8, 4) is 0 Å². The van der Waals surface area contributed by atoms with Crippen LogP contribution < -0.4 is 0 Å². The van der Waals surface area contributed by atoms with Gasteiger partial charge in [-0.2, -0.15) is 0 Å². The average molecular weight is 303 g/mol. The van der Waals surface area contributed by atoms with E-state index in [9.17, 15) is 4.79 Å². The third-order valence-electron chi connectivity index (χ3n) is 3.26. The Morgan fingerprint density at radius 3 is 3.11 bits per heavy atom. The molecule has 1 amide bonds. The molecule has 0 radical (unpaired) electrons. The average Bonchev–Trinajstić information content (AvgIpc) is 2.41. The van der Waals surface area contributed by atoms with Crippen molar-refractivity contribution < 1.29 is 9.53 Å². The number of aromatic nitrogens is 1. The van der Waals surface area contributed by atoms with Crippen molar-refractivity contribution in [2.75, 3.05) is 26.8 Å². The maximum atomic E-state index is 12.4. The molecule has 1 unspecified atom stereocenters. The van der Waals surface area contributed by atoms with E-state index in [0.717, 1.165) is 19.4 Å². The normalized spacial score (nSPS) is 19.5. The Hall–Kier alpha value is -0.840. The largest absolute Gasteiger partial charge is 0.384 e. The first-order chi connectivity index (χ1) is 9.11. The Morgan fingerprint density at radius 1 is 1.58 bits per heavy atom. The van der Waals surface area contributed by atoms with E-state index in [-0.39, 0.29) is 11.1 Å². The van der Waals surface area contributed by atoms with E-state index in [0.29, 0.717) is 29.7 Å². The van der Waals surface area contributed by atoms with Gasteiger partial charge in [0.1, 0.15) is 5.15 Å². The number of amides is 1. The first-order valence-electron chi connectivity index (χ1n) is 6.21. The number of hydrogen-bond acceptors (Lipinski definition) is 3. The molecule has 0 N–H and O–H groups in total. The molecule has 0 spiro atoms. The predicted molar refractivity (Wildman–Crippen MR) is 74.8 cm³/mol. The lowest BCUT2D eigenvalue weighted by molar-refractivity contribution is 0.0571. The van der Waals surface area contributed by atoms with E-state index in [1.165, 1.54) is 12.3 Å². The van der Waals surface area contributed by atoms with Gasteiger partial charge in [-0.1, -0.05) is 23.2 Å². The molecule has 1 aromatic rings. The van der Waals surface area contributed by atoms with Gasteiger partial charge in [0.15, 0.2) is 0 Å². The first-order valence-corrected chi connectivity index (χ1v) is 6.96. The lowest BCUT2D eigenvalue weighted by atomic mass is 9.98. The van der Waals surface area contributed by atoms with Crippen LogP contribution in [0.25, 0.3) is 0 Å². The van der Waals surface area contributed by atoms with E-state index in [1.54, 1.807) is 7.11 Å². The zero-order valence-corrected chi connectivity index (χ0v) is 12.2. The minimum atomic E-state index is -0.0879. The summed E-state index contributed by atoms with van der Waals surface area (Å²) in [6.07, 6.45) is 3.48. The van der Waals surface area contributed by atoms with Crippen molar-refractivity contribution >= 4 is 29.1 Å². The SMILES string of the molecule is COCC1CCCN(C(=O)c2cc(Cl)ncc2Cl)C1. The second-order valence-corrected chi connectivity index (χ2v) is 5.50. The molecule has 1 atom stereocenters. The first kappa shape index (κ1) is 14.6. The molecule has 19 heavy (non-hydrogen) atoms. The van der Waals surface area contributed by atoms with Crippen LogP contribution in [0.4, 0.5) is 0 Å². The van der Waals surface area contributed by atoms with E-state index in [1.807, 2.05) is 4.90 Å². The van der Waals surface area contributed by atoms with Gasteiger partial charge in [-0.25, -0.2) is 4.98 Å². The number of methoxy groups -OCH3 is 1. The van der Waals surface area contributed by atoms with Crippen LogP contribution in [0, 0.1) is 5.92 Å². The van der Waals surface area contributed by atoms with Crippen molar-refractivity contribution in [1.29, 1.82) is 0 Å². The Bertz CT molecular complexity index is 466. The van der Waals surface area contributed by atoms with Crippen molar-refractivity contribution in [3.63, 3.8) is 0 Å². The zero-order chi connectivity index (χ0) is 13.8. The van der Waals surface area contributed by atoms with Crippen LogP contribution in [0.1, 0.15) is 23.2 Å². The Morgan fingerprint density at radius 2 is 2.37 bits per heavy atom. The number of rotatable bonds is 3. The number of pyridine rings is 1. The summed E-state index contributed by atoms with van der Waals surface area (Å²) in [5.74, 6) is 0.300. The summed E-state index contributed by atoms with van der Waals surface area (Å²) in [6, 6.07) is 1.52. The number of ether oxygens (including phenoxy) is 1. The fraction of sp³-hybridized carbons (Fsp3) is 0.538. The summed E-state index contributed by atoms with van der Waals surface area (Å²) in [5.41, 5.74) is 0.416. The van der Waals surface area contributed by atoms with Crippen LogP contribution in [0.2, 0.25) is 10.2 Å². The fourth-order valence-corrected chi connectivity index (χ4v) is 2.71. The van der Waals surface area contributed by atoms with Crippen LogP contribution in [0.15, 0.2) is 12.3 Å². The van der Waals surface area contributed by atoms with Gasteiger partial charge in [0.2, 0.25) is 0 Å². The van der Waals surface area contributed by atoms with Crippen LogP contribution in [0.5, 0.6) is 0 Å². The minimum absolute atomic E-state index is 0.0879. The van der Waals surface area contributed by atoms with Gasteiger partial charge in [-0.3, -0.25) is 4.79 Å². The van der Waals surface area contributed by atoms with Crippen molar-refractivity contribution in [3.05, 3.63) is 28.0 Å². The van der Waals surface area contributed by atoms with Gasteiger partial charge < -0.3 is 9.64 Å². The molecule has 0 bridgehead atoms. The van der Waals surface area contributed by atoms with E-state index in [4.69, 9.17) is 27.9 Å². The molecule has 2 rings (SSSR count). The quantitative estimate of drug-likeness (QED) is 0.806. The van der Waals surface area contributed by atoms with E-state index in [2.05, 4.69) is 4.98 Å². The summed E-state index contributed by atoms with van der Waals surface area (Å²) >= 11 is 11.8. The number of piperidine rings is 1. The molecule has 1 aromatic heterocycles. The van der Waals surface area contributed by atoms with Crippen LogP contribution >= 0.6 is 23.2 Å². The van der Waals surface area contributed by atoms with Crippen molar-refractivity contribution in [2.24, 2.45) is 5.92 Å². The van der Waals surface area contributed by atoms with Gasteiger partial charge in [0, 0.05) is 26.4 Å². The monoisotopic (exact) mass is 302 g/mol. The second-order valence-electron chi connectivity index (χ2n) is 4.70. The molecule has 0 saturated carbocycles. The van der Waals surface area contributed by atoms with Gasteiger partial charge in [0.05, 0.1) is 17.2 Å². The highest BCUT2D eigenvalue weighted by Gasteiger charge is 2.25. The molecular formula is C13H16Cl2N2O2. The molecule has 1 fully saturated rings. The summed E-state index contributed by atoms with van der Waals surface area (Å²) < 4.78 is 5.16. The maximum absolute atomic E-state index is 12.4. The fourth-order valence-electron chi connectivity index (χ4n) is 2.37. The van der Waals surface area contributed by atoms with Gasteiger partial charge in [0.25, 0.3) is 5.91 Å². The van der Waals surface area contributed by atoms with Crippen LogP contribution in [0.3, 0.4) is 0 Å². The molecule has 1 aliphatic heterocycles. The number of nitrogens with zero attached hydrogens (tertiary/aromatic N) is 2. The van der Waals surface area contributed by atoms with E-state index >= 15 is 0 Å². The number of halogens is 2. The highest BCUT2D eigenvalue weighted by atomic mass is 35.5. The summed E-state index contributed by atoms with van der Waals surface area (Å²) in [5, 5.41) is 0.612. The summed E-state index contributed by atoms with van der Waals surface area (Å²) in [4.78, 5) is 18.1. The van der Waals surface area contributed by atoms with Gasteiger partial charge >= 0.3 is 0 Å². The van der Waals surface area contributed by atoms with Crippen molar-refractivity contribution in [2.45, 2.75) is 12.8 Å². The molecule has 2 heterocycles. The standard InChI is InChI=1S/C13H16Cl2N2O2/c1-19-8-9-3-2-4-17(7-9)13(18)10-5-12(15)16-6-11(10)14/h5-6,9H,2-4,7-8H2,1H3. The Balaban J connectivity index is 2.12. The molecule has 4 nitrogen and oxygen atoms in total. The molecular weight excluding hydrogens is 287 g/mol. The summed E-state index contributed by atoms with van der Waals surface area (Å²) in [6.45, 7) is 2.12. The van der Waals surface area contributed by atoms with Crippen LogP contribution in [-0.2, 0) is 4.74 Å². The lowest BCUT2D eigenvalue weighted by Crippen LogP contribution is -2.41. The Labute approximate surface area is 122 Å². The molecule has 0 aliphatic carbocycles. The third-order valence-corrected chi connectivity index (χ3v) is 3.77. The molecule has 6 heteroatoms. The maximum Gasteiger partial charge on any atom is 0.255 e. The third kappa shape index (κ3) is 3.59. The number of carbonyl (C=O) groups is 1. The smallest absolute Gasteiger partial charge is 0.255 e. The number of likely N-dealkylation sites (tertiary alicyclic amines) is 1.